The molecule has 1 fully saturated rings. The van der Waals surface area contributed by atoms with Gasteiger partial charge >= 0.3 is 6.09 Å². The Labute approximate surface area is 190 Å². The molecule has 3 rings (SSSR count). The van der Waals surface area contributed by atoms with E-state index in [4.69, 9.17) is 9.47 Å². The number of amides is 2. The molecule has 0 saturated heterocycles. The predicted molar refractivity (Wildman–Crippen MR) is 125 cm³/mol. The van der Waals surface area contributed by atoms with E-state index >= 15 is 0 Å². The minimum absolute atomic E-state index is 0.0577. The summed E-state index contributed by atoms with van der Waals surface area (Å²) in [7, 11) is 1.62. The normalized spacial score (nSPS) is 20.2. The molecule has 1 aliphatic carbocycles. The van der Waals surface area contributed by atoms with E-state index in [0.29, 0.717) is 18.7 Å². The Morgan fingerprint density at radius 3 is 2.47 bits per heavy atom. The molecule has 0 aromatic heterocycles. The van der Waals surface area contributed by atoms with Crippen molar-refractivity contribution in [3.05, 3.63) is 83.9 Å². The van der Waals surface area contributed by atoms with Crippen LogP contribution in [0.25, 0.3) is 0 Å². The van der Waals surface area contributed by atoms with Gasteiger partial charge in [0.05, 0.1) is 6.61 Å². The summed E-state index contributed by atoms with van der Waals surface area (Å²) in [5.74, 6) is -0.0961. The highest BCUT2D eigenvalue weighted by molar-refractivity contribution is 5.95. The fourth-order valence-corrected chi connectivity index (χ4v) is 4.38. The highest BCUT2D eigenvalue weighted by Crippen LogP contribution is 2.39. The number of alkyl carbamates (subject to hydrolysis) is 1. The van der Waals surface area contributed by atoms with Crippen LogP contribution < -0.4 is 10.6 Å². The highest BCUT2D eigenvalue weighted by atomic mass is 16.5. The van der Waals surface area contributed by atoms with E-state index in [1.165, 1.54) is 5.56 Å². The molecule has 0 unspecified atom stereocenters. The quantitative estimate of drug-likeness (QED) is 0.573. The van der Waals surface area contributed by atoms with E-state index in [9.17, 15) is 9.59 Å². The maximum absolute atomic E-state index is 13.0. The third kappa shape index (κ3) is 5.98. The Bertz CT molecular complexity index is 905. The number of methoxy groups -OCH3 is 1. The Hall–Kier alpha value is -3.12. The Balaban J connectivity index is 1.69. The van der Waals surface area contributed by atoms with Crippen LogP contribution >= 0.6 is 0 Å². The molecule has 170 valence electrons. The number of hydrogen-bond acceptors (Lipinski definition) is 4. The van der Waals surface area contributed by atoms with E-state index < -0.39 is 6.09 Å². The summed E-state index contributed by atoms with van der Waals surface area (Å²) in [4.78, 5) is 24.9. The lowest BCUT2D eigenvalue weighted by Gasteiger charge is -2.41. The molecule has 0 bridgehead atoms. The molecular weight excluding hydrogens is 404 g/mol. The van der Waals surface area contributed by atoms with Crippen LogP contribution in [0.15, 0.2) is 67.3 Å². The number of ether oxygens (including phenoxy) is 2. The number of nitrogens with one attached hydrogen (secondary N) is 2. The fraction of sp³-hybridized carbons (Fsp3) is 0.385. The molecule has 2 aromatic rings. The largest absolute Gasteiger partial charge is 0.445 e. The van der Waals surface area contributed by atoms with Crippen molar-refractivity contribution in [2.24, 2.45) is 0 Å². The zero-order valence-electron chi connectivity index (χ0n) is 18.6. The number of carbonyl (C=O) groups excluding carboxylic acids is 2. The van der Waals surface area contributed by atoms with Crippen LogP contribution in [0.2, 0.25) is 0 Å². The summed E-state index contributed by atoms with van der Waals surface area (Å²) < 4.78 is 10.3. The van der Waals surface area contributed by atoms with Crippen LogP contribution in [0.1, 0.15) is 47.2 Å². The number of hydrogen-bond donors (Lipinski definition) is 2. The SMILES string of the molecule is C=CCOC(=O)NC1CCC(CNC(=O)c2ccccc2COC)(c2ccccc2)CC1. The van der Waals surface area contributed by atoms with Gasteiger partial charge in [-0.05, 0) is 42.9 Å². The molecule has 0 aliphatic heterocycles. The molecule has 0 radical (unpaired) electrons. The lowest BCUT2D eigenvalue weighted by Crippen LogP contribution is -2.47. The summed E-state index contributed by atoms with van der Waals surface area (Å²) in [5.41, 5.74) is 2.53. The van der Waals surface area contributed by atoms with Crippen molar-refractivity contribution in [2.45, 2.75) is 43.7 Å². The first kappa shape index (κ1) is 23.5. The third-order valence-electron chi connectivity index (χ3n) is 6.13. The number of carbonyl (C=O) groups is 2. The van der Waals surface area contributed by atoms with Gasteiger partial charge in [-0.25, -0.2) is 4.79 Å². The van der Waals surface area contributed by atoms with Crippen LogP contribution in [0, 0.1) is 0 Å². The predicted octanol–water partition coefficient (Wildman–Crippen LogP) is 4.36. The van der Waals surface area contributed by atoms with Gasteiger partial charge in [-0.15, -0.1) is 0 Å². The highest BCUT2D eigenvalue weighted by Gasteiger charge is 2.37. The maximum atomic E-state index is 13.0. The second-order valence-electron chi connectivity index (χ2n) is 8.22. The number of benzene rings is 2. The van der Waals surface area contributed by atoms with Gasteiger partial charge in [0.15, 0.2) is 0 Å². The van der Waals surface area contributed by atoms with Gasteiger partial charge in [0.25, 0.3) is 5.91 Å². The van der Waals surface area contributed by atoms with Crippen LogP contribution in [-0.4, -0.2) is 38.3 Å². The van der Waals surface area contributed by atoms with Gasteiger partial charge in [0.1, 0.15) is 6.61 Å². The summed E-state index contributed by atoms with van der Waals surface area (Å²) >= 11 is 0. The monoisotopic (exact) mass is 436 g/mol. The van der Waals surface area contributed by atoms with E-state index in [1.54, 1.807) is 13.2 Å². The molecule has 0 heterocycles. The van der Waals surface area contributed by atoms with Gasteiger partial charge in [0, 0.05) is 30.7 Å². The van der Waals surface area contributed by atoms with Gasteiger partial charge in [-0.1, -0.05) is 61.2 Å². The molecular formula is C26H32N2O4. The van der Waals surface area contributed by atoms with Gasteiger partial charge < -0.3 is 20.1 Å². The van der Waals surface area contributed by atoms with E-state index in [0.717, 1.165) is 31.2 Å². The van der Waals surface area contributed by atoms with Crippen molar-refractivity contribution >= 4 is 12.0 Å². The summed E-state index contributed by atoms with van der Waals surface area (Å²) in [6, 6.07) is 17.9. The lowest BCUT2D eigenvalue weighted by atomic mass is 9.68. The van der Waals surface area contributed by atoms with Crippen molar-refractivity contribution in [2.75, 3.05) is 20.3 Å². The van der Waals surface area contributed by atoms with Gasteiger partial charge in [-0.3, -0.25) is 4.79 Å². The summed E-state index contributed by atoms with van der Waals surface area (Å²) in [6.45, 7) is 4.68. The van der Waals surface area contributed by atoms with Crippen molar-refractivity contribution in [1.29, 1.82) is 0 Å². The zero-order chi connectivity index (χ0) is 22.8. The average Bonchev–Trinajstić information content (AvgIpc) is 2.83. The molecule has 2 N–H and O–H groups in total. The van der Waals surface area contributed by atoms with E-state index in [1.807, 2.05) is 42.5 Å². The molecule has 1 aliphatic rings. The molecule has 32 heavy (non-hydrogen) atoms. The fourth-order valence-electron chi connectivity index (χ4n) is 4.38. The first-order chi connectivity index (χ1) is 15.6. The van der Waals surface area contributed by atoms with Crippen LogP contribution in [0.5, 0.6) is 0 Å². The maximum Gasteiger partial charge on any atom is 0.407 e. The Kier molecular flexibility index (Phi) is 8.45. The second kappa shape index (κ2) is 11.5. The van der Waals surface area contributed by atoms with Gasteiger partial charge in [-0.2, -0.15) is 0 Å². The van der Waals surface area contributed by atoms with Crippen molar-refractivity contribution in [1.82, 2.24) is 10.6 Å². The third-order valence-corrected chi connectivity index (χ3v) is 6.13. The standard InChI is InChI=1S/C26H32N2O4/c1-3-17-32-25(30)28-22-13-15-26(16-14-22,21-10-5-4-6-11-21)19-27-24(29)23-12-8-7-9-20(23)18-31-2/h3-12,22H,1,13-19H2,2H3,(H,27,29)(H,28,30). The van der Waals surface area contributed by atoms with E-state index in [-0.39, 0.29) is 24.0 Å². The first-order valence-electron chi connectivity index (χ1n) is 11.0. The molecule has 0 spiro atoms. The average molecular weight is 437 g/mol. The lowest BCUT2D eigenvalue weighted by molar-refractivity contribution is 0.0929. The smallest absolute Gasteiger partial charge is 0.407 e. The number of rotatable bonds is 9. The van der Waals surface area contributed by atoms with Crippen molar-refractivity contribution in [3.8, 4) is 0 Å². The minimum atomic E-state index is -0.412. The topological polar surface area (TPSA) is 76.7 Å². The van der Waals surface area contributed by atoms with Gasteiger partial charge in [0.2, 0.25) is 0 Å². The second-order valence-corrected chi connectivity index (χ2v) is 8.22. The first-order valence-corrected chi connectivity index (χ1v) is 11.0. The summed E-state index contributed by atoms with van der Waals surface area (Å²) in [5, 5.41) is 6.12. The van der Waals surface area contributed by atoms with Crippen LogP contribution in [0.3, 0.4) is 0 Å². The van der Waals surface area contributed by atoms with Crippen LogP contribution in [-0.2, 0) is 21.5 Å². The minimum Gasteiger partial charge on any atom is -0.445 e. The molecule has 1 saturated carbocycles. The molecule has 2 amide bonds. The Morgan fingerprint density at radius 2 is 1.78 bits per heavy atom. The molecule has 6 heteroatoms. The summed E-state index contributed by atoms with van der Waals surface area (Å²) in [6.07, 6.45) is 4.47. The molecule has 6 nitrogen and oxygen atoms in total. The Morgan fingerprint density at radius 1 is 1.09 bits per heavy atom. The van der Waals surface area contributed by atoms with Crippen molar-refractivity contribution < 1.29 is 19.1 Å². The zero-order valence-corrected chi connectivity index (χ0v) is 18.6. The molecule has 2 aromatic carbocycles. The van der Waals surface area contributed by atoms with Crippen LogP contribution in [0.4, 0.5) is 4.79 Å². The molecule has 0 atom stereocenters. The van der Waals surface area contributed by atoms with Crippen molar-refractivity contribution in [3.63, 3.8) is 0 Å². The van der Waals surface area contributed by atoms with E-state index in [2.05, 4.69) is 29.3 Å².